The van der Waals surface area contributed by atoms with Crippen LogP contribution in [0.25, 0.3) is 0 Å². The highest BCUT2D eigenvalue weighted by molar-refractivity contribution is 6.30. The van der Waals surface area contributed by atoms with Crippen LogP contribution in [0.15, 0.2) is 24.3 Å². The molecule has 1 fully saturated rings. The maximum absolute atomic E-state index is 11.8. The van der Waals surface area contributed by atoms with Crippen LogP contribution >= 0.6 is 11.6 Å². The topological polar surface area (TPSA) is 70.2 Å². The summed E-state index contributed by atoms with van der Waals surface area (Å²) in [5.41, 5.74) is 0.732. The van der Waals surface area contributed by atoms with Gasteiger partial charge < -0.3 is 16.0 Å². The van der Waals surface area contributed by atoms with Crippen molar-refractivity contribution in [2.24, 2.45) is 5.92 Å². The monoisotopic (exact) mass is 351 g/mol. The summed E-state index contributed by atoms with van der Waals surface area (Å²) in [5.74, 6) is 0.704. The van der Waals surface area contributed by atoms with Crippen LogP contribution in [-0.2, 0) is 9.59 Å². The van der Waals surface area contributed by atoms with Gasteiger partial charge in [-0.1, -0.05) is 11.6 Å². The van der Waals surface area contributed by atoms with E-state index in [-0.39, 0.29) is 11.8 Å². The van der Waals surface area contributed by atoms with E-state index < -0.39 is 0 Å². The standard InChI is InChI=1S/C18H26ClN3O2/c19-15-4-6-16(7-5-15)22-18(24)2-1-11-21-17(23)8-3-14-9-12-20-13-10-14/h4-7,14,20H,1-3,8-13H2,(H,21,23)(H,22,24). The molecule has 1 aromatic carbocycles. The Morgan fingerprint density at radius 1 is 1.08 bits per heavy atom. The molecule has 3 N–H and O–H groups in total. The molecule has 5 nitrogen and oxygen atoms in total. The minimum atomic E-state index is -0.0544. The second kappa shape index (κ2) is 10.3. The van der Waals surface area contributed by atoms with Gasteiger partial charge >= 0.3 is 0 Å². The molecule has 2 rings (SSSR count). The fourth-order valence-electron chi connectivity index (χ4n) is 2.83. The summed E-state index contributed by atoms with van der Waals surface area (Å²) < 4.78 is 0. The van der Waals surface area contributed by atoms with Crippen LogP contribution in [0.4, 0.5) is 5.69 Å². The Hall–Kier alpha value is -1.59. The molecule has 0 aliphatic carbocycles. The quantitative estimate of drug-likeness (QED) is 0.631. The first-order valence-electron chi connectivity index (χ1n) is 8.66. The first-order valence-corrected chi connectivity index (χ1v) is 9.04. The second-order valence-corrected chi connectivity index (χ2v) is 6.68. The average Bonchev–Trinajstić information content (AvgIpc) is 2.60. The summed E-state index contributed by atoms with van der Waals surface area (Å²) >= 11 is 5.80. The predicted molar refractivity (Wildman–Crippen MR) is 97.2 cm³/mol. The summed E-state index contributed by atoms with van der Waals surface area (Å²) in [7, 11) is 0. The highest BCUT2D eigenvalue weighted by Gasteiger charge is 2.14. The molecule has 0 spiro atoms. The van der Waals surface area contributed by atoms with E-state index in [0.717, 1.165) is 38.0 Å². The molecule has 1 saturated heterocycles. The zero-order valence-corrected chi connectivity index (χ0v) is 14.7. The zero-order valence-electron chi connectivity index (χ0n) is 13.9. The molecule has 132 valence electrons. The lowest BCUT2D eigenvalue weighted by molar-refractivity contribution is -0.122. The lowest BCUT2D eigenvalue weighted by Gasteiger charge is -2.22. The molecular weight excluding hydrogens is 326 g/mol. The van der Waals surface area contributed by atoms with Gasteiger partial charge in [0.05, 0.1) is 0 Å². The van der Waals surface area contributed by atoms with Crippen molar-refractivity contribution in [3.63, 3.8) is 0 Å². The van der Waals surface area contributed by atoms with E-state index in [1.54, 1.807) is 24.3 Å². The molecular formula is C18H26ClN3O2. The molecule has 0 saturated carbocycles. The van der Waals surface area contributed by atoms with Gasteiger partial charge in [-0.25, -0.2) is 0 Å². The van der Waals surface area contributed by atoms with Gasteiger partial charge in [-0.2, -0.15) is 0 Å². The molecule has 0 bridgehead atoms. The Balaban J connectivity index is 1.52. The zero-order chi connectivity index (χ0) is 17.2. The summed E-state index contributed by atoms with van der Waals surface area (Å²) in [6, 6.07) is 7.01. The molecule has 1 heterocycles. The molecule has 0 unspecified atom stereocenters. The fraction of sp³-hybridized carbons (Fsp3) is 0.556. The van der Waals surface area contributed by atoms with Crippen molar-refractivity contribution < 1.29 is 9.59 Å². The molecule has 2 amide bonds. The fourth-order valence-corrected chi connectivity index (χ4v) is 2.95. The summed E-state index contributed by atoms with van der Waals surface area (Å²) in [6.45, 7) is 2.67. The van der Waals surface area contributed by atoms with E-state index in [1.807, 2.05) is 0 Å². The smallest absolute Gasteiger partial charge is 0.224 e. The number of hydrogen-bond acceptors (Lipinski definition) is 3. The van der Waals surface area contributed by atoms with Crippen LogP contribution in [0.1, 0.15) is 38.5 Å². The van der Waals surface area contributed by atoms with E-state index >= 15 is 0 Å². The molecule has 1 aliphatic heterocycles. The number of nitrogens with one attached hydrogen (secondary N) is 3. The van der Waals surface area contributed by atoms with E-state index in [0.29, 0.717) is 36.7 Å². The van der Waals surface area contributed by atoms with E-state index in [9.17, 15) is 9.59 Å². The summed E-state index contributed by atoms with van der Waals surface area (Å²) in [4.78, 5) is 23.6. The van der Waals surface area contributed by atoms with E-state index in [2.05, 4.69) is 16.0 Å². The van der Waals surface area contributed by atoms with Gasteiger partial charge in [0.1, 0.15) is 0 Å². The van der Waals surface area contributed by atoms with Gasteiger partial charge in [0, 0.05) is 30.1 Å². The number of carbonyl (C=O) groups excluding carboxylic acids is 2. The third kappa shape index (κ3) is 7.32. The first kappa shape index (κ1) is 18.7. The van der Waals surface area contributed by atoms with Crippen LogP contribution in [0.2, 0.25) is 5.02 Å². The number of halogens is 1. The predicted octanol–water partition coefficient (Wildman–Crippen LogP) is 2.95. The van der Waals surface area contributed by atoms with Crippen LogP contribution in [0, 0.1) is 5.92 Å². The van der Waals surface area contributed by atoms with Crippen LogP contribution in [0.3, 0.4) is 0 Å². The van der Waals surface area contributed by atoms with E-state index in [1.165, 1.54) is 0 Å². The Morgan fingerprint density at radius 3 is 2.50 bits per heavy atom. The van der Waals surface area contributed by atoms with Gasteiger partial charge in [-0.15, -0.1) is 0 Å². The Morgan fingerprint density at radius 2 is 1.79 bits per heavy atom. The Bertz CT molecular complexity index is 528. The molecule has 6 heteroatoms. The van der Waals surface area contributed by atoms with Crippen molar-refractivity contribution >= 4 is 29.1 Å². The molecule has 0 atom stereocenters. The van der Waals surface area contributed by atoms with Crippen molar-refractivity contribution in [1.82, 2.24) is 10.6 Å². The Labute approximate surface area is 148 Å². The van der Waals surface area contributed by atoms with Gasteiger partial charge in [0.2, 0.25) is 11.8 Å². The first-order chi connectivity index (χ1) is 11.6. The van der Waals surface area contributed by atoms with Crippen molar-refractivity contribution in [2.75, 3.05) is 25.0 Å². The minimum Gasteiger partial charge on any atom is -0.356 e. The lowest BCUT2D eigenvalue weighted by atomic mass is 9.93. The van der Waals surface area contributed by atoms with Crippen molar-refractivity contribution in [3.8, 4) is 0 Å². The Kier molecular flexibility index (Phi) is 8.05. The average molecular weight is 352 g/mol. The minimum absolute atomic E-state index is 0.0544. The number of anilines is 1. The SMILES string of the molecule is O=C(CCC1CCNCC1)NCCCC(=O)Nc1ccc(Cl)cc1. The molecule has 1 aromatic rings. The molecule has 1 aliphatic rings. The van der Waals surface area contributed by atoms with Crippen molar-refractivity contribution in [1.29, 1.82) is 0 Å². The van der Waals surface area contributed by atoms with Gasteiger partial charge in [-0.3, -0.25) is 9.59 Å². The largest absolute Gasteiger partial charge is 0.356 e. The molecule has 0 radical (unpaired) electrons. The van der Waals surface area contributed by atoms with Crippen LogP contribution in [0.5, 0.6) is 0 Å². The summed E-state index contributed by atoms with van der Waals surface area (Å²) in [5, 5.41) is 9.68. The third-order valence-corrected chi connectivity index (χ3v) is 4.52. The summed E-state index contributed by atoms with van der Waals surface area (Å²) in [6.07, 6.45) is 4.90. The molecule has 24 heavy (non-hydrogen) atoms. The van der Waals surface area contributed by atoms with Crippen molar-refractivity contribution in [3.05, 3.63) is 29.3 Å². The number of piperidine rings is 1. The third-order valence-electron chi connectivity index (χ3n) is 4.27. The van der Waals surface area contributed by atoms with Crippen LogP contribution < -0.4 is 16.0 Å². The normalized spacial score (nSPS) is 15.0. The van der Waals surface area contributed by atoms with Gasteiger partial charge in [-0.05, 0) is 69.0 Å². The lowest BCUT2D eigenvalue weighted by Crippen LogP contribution is -2.29. The number of amides is 2. The van der Waals surface area contributed by atoms with Gasteiger partial charge in [0.25, 0.3) is 0 Å². The van der Waals surface area contributed by atoms with E-state index in [4.69, 9.17) is 11.6 Å². The highest BCUT2D eigenvalue weighted by Crippen LogP contribution is 2.17. The highest BCUT2D eigenvalue weighted by atomic mass is 35.5. The maximum Gasteiger partial charge on any atom is 0.224 e. The number of rotatable bonds is 8. The van der Waals surface area contributed by atoms with Crippen molar-refractivity contribution in [2.45, 2.75) is 38.5 Å². The number of hydrogen-bond donors (Lipinski definition) is 3. The van der Waals surface area contributed by atoms with Gasteiger partial charge in [0.15, 0.2) is 0 Å². The number of carbonyl (C=O) groups is 2. The maximum atomic E-state index is 11.8. The van der Waals surface area contributed by atoms with Crippen LogP contribution in [-0.4, -0.2) is 31.4 Å². The molecule has 0 aromatic heterocycles. The second-order valence-electron chi connectivity index (χ2n) is 6.24. The number of benzene rings is 1.